The Kier molecular flexibility index (Phi) is 5.85. The number of H-pyrrole nitrogens is 1. The molecule has 0 aliphatic rings. The number of carboxylic acid groups (broad SMARTS) is 1. The van der Waals surface area contributed by atoms with Crippen LogP contribution in [0.15, 0.2) is 11.1 Å². The Morgan fingerprint density at radius 2 is 2.15 bits per heavy atom. The van der Waals surface area contributed by atoms with Crippen LogP contribution >= 0.6 is 0 Å². The summed E-state index contributed by atoms with van der Waals surface area (Å²) in [6.45, 7) is 4.11. The monoisotopic (exact) mass is 384 g/mol. The van der Waals surface area contributed by atoms with Gasteiger partial charge in [0.05, 0.1) is 12.4 Å². The van der Waals surface area contributed by atoms with Gasteiger partial charge >= 0.3 is 5.97 Å². The number of imidazole rings is 1. The number of fused-ring (bicyclic) bond motifs is 1. The summed E-state index contributed by atoms with van der Waals surface area (Å²) < 4.78 is 12.0. The molecule has 0 saturated heterocycles. The summed E-state index contributed by atoms with van der Waals surface area (Å²) in [5, 5.41) is 19.1. The van der Waals surface area contributed by atoms with E-state index >= 15 is 0 Å². The molecule has 0 bridgehead atoms. The molecule has 7 N–H and O–H groups in total. The molecular formula is C15H24N6O6. The number of carbonyl (C=O) groups is 1. The van der Waals surface area contributed by atoms with E-state index in [9.17, 15) is 19.8 Å². The summed E-state index contributed by atoms with van der Waals surface area (Å²) >= 11 is 0. The third-order valence-electron chi connectivity index (χ3n) is 4.22. The zero-order valence-electron chi connectivity index (χ0n) is 15.3. The molecule has 150 valence electrons. The smallest absolute Gasteiger partial charge is 0.351 e. The molecular weight excluding hydrogens is 360 g/mol. The average Bonchev–Trinajstić information content (AvgIpc) is 2.92. The molecule has 2 aromatic heterocycles. The van der Waals surface area contributed by atoms with Crippen molar-refractivity contribution < 1.29 is 24.5 Å². The molecule has 0 saturated carbocycles. The molecule has 0 spiro atoms. The fraction of sp³-hybridized carbons (Fsp3) is 0.600. The molecule has 1 unspecified atom stereocenters. The zero-order valence-corrected chi connectivity index (χ0v) is 15.3. The highest BCUT2D eigenvalue weighted by Gasteiger charge is 2.50. The number of hydrogen-bond donors (Lipinski definition) is 5. The first-order valence-electron chi connectivity index (χ1n) is 8.10. The van der Waals surface area contributed by atoms with Crippen molar-refractivity contribution in [2.24, 2.45) is 11.1 Å². The van der Waals surface area contributed by atoms with E-state index in [1.807, 2.05) is 0 Å². The fourth-order valence-corrected chi connectivity index (χ4v) is 2.77. The van der Waals surface area contributed by atoms with Gasteiger partial charge in [-0.1, -0.05) is 13.8 Å². The summed E-state index contributed by atoms with van der Waals surface area (Å²) in [5.74, 6) is -1.46. The molecule has 0 aliphatic heterocycles. The number of aromatic amines is 1. The Morgan fingerprint density at radius 3 is 2.74 bits per heavy atom. The van der Waals surface area contributed by atoms with Gasteiger partial charge in [0.1, 0.15) is 6.73 Å². The maximum atomic E-state index is 11.7. The SMILES string of the molecule is C[C@H](O)CC(C)(C)C(N)(OCOCn1cnc2c(=O)[nH]c(N)nc21)C(=O)O. The Bertz CT molecular complexity index is 875. The van der Waals surface area contributed by atoms with Crippen molar-refractivity contribution in [3.63, 3.8) is 0 Å². The maximum Gasteiger partial charge on any atom is 0.351 e. The molecule has 0 fully saturated rings. The molecule has 12 nitrogen and oxygen atoms in total. The van der Waals surface area contributed by atoms with Crippen LogP contribution in [0.3, 0.4) is 0 Å². The first-order chi connectivity index (χ1) is 12.5. The maximum absolute atomic E-state index is 11.7. The number of aliphatic carboxylic acids is 1. The largest absolute Gasteiger partial charge is 0.478 e. The van der Waals surface area contributed by atoms with Gasteiger partial charge in [-0.05, 0) is 13.3 Å². The highest BCUT2D eigenvalue weighted by atomic mass is 16.7. The number of anilines is 1. The van der Waals surface area contributed by atoms with E-state index < -0.39 is 35.6 Å². The van der Waals surface area contributed by atoms with E-state index in [1.54, 1.807) is 13.8 Å². The van der Waals surface area contributed by atoms with Crippen molar-refractivity contribution in [2.75, 3.05) is 12.5 Å². The van der Waals surface area contributed by atoms with Gasteiger partial charge < -0.3 is 25.4 Å². The minimum atomic E-state index is -2.08. The first kappa shape index (κ1) is 20.8. The Morgan fingerprint density at radius 1 is 1.48 bits per heavy atom. The lowest BCUT2D eigenvalue weighted by Crippen LogP contribution is -2.61. The summed E-state index contributed by atoms with van der Waals surface area (Å²) in [5.41, 5.74) is 8.11. The van der Waals surface area contributed by atoms with Crippen molar-refractivity contribution >= 4 is 23.1 Å². The van der Waals surface area contributed by atoms with Gasteiger partial charge in [-0.2, -0.15) is 4.98 Å². The van der Waals surface area contributed by atoms with Crippen molar-refractivity contribution in [1.29, 1.82) is 0 Å². The van der Waals surface area contributed by atoms with Crippen LogP contribution in [0.25, 0.3) is 11.2 Å². The predicted octanol–water partition coefficient (Wildman–Crippen LogP) is -0.813. The molecule has 12 heteroatoms. The lowest BCUT2D eigenvalue weighted by atomic mass is 9.77. The van der Waals surface area contributed by atoms with E-state index in [0.29, 0.717) is 0 Å². The van der Waals surface area contributed by atoms with Crippen LogP contribution in [-0.2, 0) is 21.0 Å². The van der Waals surface area contributed by atoms with Gasteiger partial charge in [-0.25, -0.2) is 9.78 Å². The molecule has 0 aliphatic carbocycles. The van der Waals surface area contributed by atoms with Gasteiger partial charge in [0.25, 0.3) is 5.56 Å². The number of aliphatic hydroxyl groups is 1. The van der Waals surface area contributed by atoms with Gasteiger partial charge in [0.15, 0.2) is 18.0 Å². The van der Waals surface area contributed by atoms with Crippen LogP contribution in [0.2, 0.25) is 0 Å². The number of rotatable bonds is 9. The van der Waals surface area contributed by atoms with Crippen molar-refractivity contribution in [2.45, 2.75) is 45.8 Å². The lowest BCUT2D eigenvalue weighted by molar-refractivity contribution is -0.217. The number of aromatic nitrogens is 4. The Labute approximate surface area is 154 Å². The van der Waals surface area contributed by atoms with Gasteiger partial charge in [-0.15, -0.1) is 0 Å². The van der Waals surface area contributed by atoms with Gasteiger partial charge in [0.2, 0.25) is 11.7 Å². The molecule has 0 aromatic carbocycles. The first-order valence-corrected chi connectivity index (χ1v) is 8.10. The highest BCUT2D eigenvalue weighted by Crippen LogP contribution is 2.35. The van der Waals surface area contributed by atoms with E-state index in [2.05, 4.69) is 15.0 Å². The van der Waals surface area contributed by atoms with Crippen LogP contribution in [0, 0.1) is 5.41 Å². The molecule has 2 rings (SSSR count). The molecule has 0 amide bonds. The number of hydrogen-bond acceptors (Lipinski definition) is 9. The normalized spacial score (nSPS) is 15.6. The van der Waals surface area contributed by atoms with Crippen LogP contribution in [-0.4, -0.2) is 54.3 Å². The molecule has 27 heavy (non-hydrogen) atoms. The number of nitrogen functional groups attached to an aromatic ring is 1. The number of nitrogens with one attached hydrogen (secondary N) is 1. The summed E-state index contributed by atoms with van der Waals surface area (Å²) in [4.78, 5) is 33.6. The fourth-order valence-electron chi connectivity index (χ4n) is 2.77. The van der Waals surface area contributed by atoms with Crippen molar-refractivity contribution in [3.05, 3.63) is 16.7 Å². The minimum Gasteiger partial charge on any atom is -0.478 e. The lowest BCUT2D eigenvalue weighted by Gasteiger charge is -2.40. The second kappa shape index (κ2) is 7.60. The van der Waals surface area contributed by atoms with Gasteiger partial charge in [0, 0.05) is 5.41 Å². The molecule has 0 radical (unpaired) electrons. The van der Waals surface area contributed by atoms with E-state index in [0.717, 1.165) is 0 Å². The number of nitrogens with zero attached hydrogens (tertiary/aromatic N) is 3. The molecule has 2 aromatic rings. The number of aliphatic hydroxyl groups excluding tert-OH is 1. The second-order valence-corrected chi connectivity index (χ2v) is 6.91. The Hall–Kier alpha value is -2.54. The topological polar surface area (TPSA) is 192 Å². The summed E-state index contributed by atoms with van der Waals surface area (Å²) in [6.07, 6.45) is 0.670. The average molecular weight is 384 g/mol. The molecule has 2 atom stereocenters. The van der Waals surface area contributed by atoms with Crippen molar-refractivity contribution in [1.82, 2.24) is 19.5 Å². The van der Waals surface area contributed by atoms with Crippen LogP contribution in [0.1, 0.15) is 27.2 Å². The third kappa shape index (κ3) is 4.24. The Balaban J connectivity index is 2.06. The predicted molar refractivity (Wildman–Crippen MR) is 94.2 cm³/mol. The number of ether oxygens (including phenoxy) is 2. The van der Waals surface area contributed by atoms with Crippen LogP contribution < -0.4 is 17.0 Å². The highest BCUT2D eigenvalue weighted by molar-refractivity contribution is 5.77. The van der Waals surface area contributed by atoms with Crippen LogP contribution in [0.4, 0.5) is 5.95 Å². The second-order valence-electron chi connectivity index (χ2n) is 6.91. The van der Waals surface area contributed by atoms with Gasteiger partial charge in [-0.3, -0.25) is 20.1 Å². The number of carboxylic acids is 1. The molecule has 2 heterocycles. The third-order valence-corrected chi connectivity index (χ3v) is 4.22. The van der Waals surface area contributed by atoms with Crippen molar-refractivity contribution in [3.8, 4) is 0 Å². The van der Waals surface area contributed by atoms with E-state index in [4.69, 9.17) is 20.9 Å². The van der Waals surface area contributed by atoms with E-state index in [1.165, 1.54) is 17.8 Å². The standard InChI is InChI=1S/C15H24N6O6/c1-8(22)4-14(2,3)15(17,12(24)25)27-7-26-6-21-5-18-9-10(21)19-13(16)20-11(9)23/h5,8,22H,4,6-7,17H2,1-3H3,(H,24,25)(H3,16,19,20,23)/t8-,15?/m0/s1. The summed E-state index contributed by atoms with van der Waals surface area (Å²) in [6, 6.07) is 0. The quantitative estimate of drug-likeness (QED) is 0.270. The minimum absolute atomic E-state index is 0.0720. The number of nitrogens with two attached hydrogens (primary N) is 2. The van der Waals surface area contributed by atoms with E-state index in [-0.39, 0.29) is 30.3 Å². The summed E-state index contributed by atoms with van der Waals surface area (Å²) in [7, 11) is 0. The van der Waals surface area contributed by atoms with Crippen LogP contribution in [0.5, 0.6) is 0 Å². The zero-order chi connectivity index (χ0) is 20.4.